The first kappa shape index (κ1) is 18.1. The number of carbonyl (C=O) groups is 1. The van der Waals surface area contributed by atoms with Gasteiger partial charge in [-0.25, -0.2) is 0 Å². The molecule has 0 aromatic heterocycles. The summed E-state index contributed by atoms with van der Waals surface area (Å²) in [6.07, 6.45) is 2.44. The van der Waals surface area contributed by atoms with Crippen LogP contribution in [-0.4, -0.2) is 24.0 Å². The van der Waals surface area contributed by atoms with Gasteiger partial charge in [-0.3, -0.25) is 14.8 Å². The van der Waals surface area contributed by atoms with Crippen LogP contribution in [0, 0.1) is 18.3 Å². The van der Waals surface area contributed by atoms with Crippen molar-refractivity contribution in [3.63, 3.8) is 0 Å². The first-order valence-electron chi connectivity index (χ1n) is 9.72. The van der Waals surface area contributed by atoms with Gasteiger partial charge in [0.2, 0.25) is 5.91 Å². The Morgan fingerprint density at radius 1 is 1.00 bits per heavy atom. The smallest absolute Gasteiger partial charge is 0.245 e. The summed E-state index contributed by atoms with van der Waals surface area (Å²) in [5.41, 5.74) is 3.86. The number of rotatable bonds is 3. The number of carbonyl (C=O) groups excluding carboxylic acids is 1. The Morgan fingerprint density at radius 2 is 1.79 bits per heavy atom. The molecule has 28 heavy (non-hydrogen) atoms. The van der Waals surface area contributed by atoms with Crippen LogP contribution in [0.25, 0.3) is 10.8 Å². The highest BCUT2D eigenvalue weighted by atomic mass is 16.2. The van der Waals surface area contributed by atoms with Crippen LogP contribution >= 0.6 is 0 Å². The highest BCUT2D eigenvalue weighted by Gasteiger charge is 2.26. The molecule has 4 nitrogen and oxygen atoms in total. The first-order valence-corrected chi connectivity index (χ1v) is 9.72. The van der Waals surface area contributed by atoms with Crippen molar-refractivity contribution in [1.29, 1.82) is 5.26 Å². The van der Waals surface area contributed by atoms with Gasteiger partial charge in [-0.15, -0.1) is 0 Å². The zero-order valence-corrected chi connectivity index (χ0v) is 16.1. The SMILES string of the molecule is Cc1cccc(CC(=O)N2CCCCN2c2ccc(C#N)c3ccccc23)c1. The molecule has 4 rings (SSSR count). The van der Waals surface area contributed by atoms with Gasteiger partial charge in [0.1, 0.15) is 0 Å². The second-order valence-corrected chi connectivity index (χ2v) is 7.30. The van der Waals surface area contributed by atoms with Gasteiger partial charge in [0, 0.05) is 23.9 Å². The van der Waals surface area contributed by atoms with Crippen molar-refractivity contribution in [3.05, 3.63) is 77.4 Å². The lowest BCUT2D eigenvalue weighted by molar-refractivity contribution is -0.131. The molecule has 4 heteroatoms. The predicted octanol–water partition coefficient (Wildman–Crippen LogP) is 4.61. The maximum atomic E-state index is 13.2. The number of benzene rings is 3. The minimum atomic E-state index is 0.110. The second kappa shape index (κ2) is 7.74. The average Bonchev–Trinajstić information content (AvgIpc) is 2.73. The van der Waals surface area contributed by atoms with Crippen molar-refractivity contribution in [2.24, 2.45) is 0 Å². The Balaban J connectivity index is 1.69. The largest absolute Gasteiger partial charge is 0.282 e. The Bertz CT molecular complexity index is 1070. The lowest BCUT2D eigenvalue weighted by atomic mass is 10.0. The number of nitrogens with zero attached hydrogens (tertiary/aromatic N) is 3. The molecule has 0 spiro atoms. The van der Waals surface area contributed by atoms with Gasteiger partial charge in [-0.1, -0.05) is 54.1 Å². The molecule has 0 bridgehead atoms. The van der Waals surface area contributed by atoms with Crippen LogP contribution in [-0.2, 0) is 11.2 Å². The zero-order valence-electron chi connectivity index (χ0n) is 16.1. The molecular formula is C24H23N3O. The summed E-state index contributed by atoms with van der Waals surface area (Å²) in [7, 11) is 0. The molecule has 1 amide bonds. The lowest BCUT2D eigenvalue weighted by Gasteiger charge is -2.41. The Labute approximate surface area is 165 Å². The number of hydrogen-bond acceptors (Lipinski definition) is 3. The monoisotopic (exact) mass is 369 g/mol. The fourth-order valence-corrected chi connectivity index (χ4v) is 3.97. The van der Waals surface area contributed by atoms with Crippen molar-refractivity contribution in [2.45, 2.75) is 26.2 Å². The molecule has 140 valence electrons. The van der Waals surface area contributed by atoms with Crippen LogP contribution < -0.4 is 5.01 Å². The van der Waals surface area contributed by atoms with Crippen molar-refractivity contribution in [2.75, 3.05) is 18.1 Å². The van der Waals surface area contributed by atoms with Crippen LogP contribution in [0.3, 0.4) is 0 Å². The molecule has 3 aromatic carbocycles. The molecule has 1 aliphatic rings. The summed E-state index contributed by atoms with van der Waals surface area (Å²) < 4.78 is 0. The van der Waals surface area contributed by atoms with Crippen LogP contribution in [0.1, 0.15) is 29.5 Å². The third-order valence-electron chi connectivity index (χ3n) is 5.31. The second-order valence-electron chi connectivity index (χ2n) is 7.30. The summed E-state index contributed by atoms with van der Waals surface area (Å²) in [4.78, 5) is 13.2. The highest BCUT2D eigenvalue weighted by molar-refractivity contribution is 5.98. The number of amides is 1. The van der Waals surface area contributed by atoms with E-state index in [1.165, 1.54) is 5.56 Å². The number of aryl methyl sites for hydroxylation is 1. The van der Waals surface area contributed by atoms with Crippen molar-refractivity contribution in [1.82, 2.24) is 5.01 Å². The summed E-state index contributed by atoms with van der Waals surface area (Å²) in [5.74, 6) is 0.110. The quantitative estimate of drug-likeness (QED) is 0.677. The predicted molar refractivity (Wildman–Crippen MR) is 112 cm³/mol. The summed E-state index contributed by atoms with van der Waals surface area (Å²) in [5, 5.41) is 15.4. The zero-order chi connectivity index (χ0) is 19.5. The van der Waals surface area contributed by atoms with Gasteiger partial charge < -0.3 is 0 Å². The topological polar surface area (TPSA) is 47.3 Å². The van der Waals surface area contributed by atoms with Gasteiger partial charge in [-0.2, -0.15) is 5.26 Å². The Hall–Kier alpha value is -3.32. The van der Waals surface area contributed by atoms with Crippen molar-refractivity contribution in [3.8, 4) is 6.07 Å². The van der Waals surface area contributed by atoms with Crippen molar-refractivity contribution < 1.29 is 4.79 Å². The molecule has 3 aromatic rings. The molecule has 0 atom stereocenters. The normalized spacial score (nSPS) is 14.1. The first-order chi connectivity index (χ1) is 13.7. The van der Waals surface area contributed by atoms with Crippen molar-refractivity contribution >= 4 is 22.4 Å². The number of hydrogen-bond donors (Lipinski definition) is 0. The van der Waals surface area contributed by atoms with Gasteiger partial charge >= 0.3 is 0 Å². The van der Waals surface area contributed by atoms with Gasteiger partial charge in [-0.05, 0) is 37.5 Å². The minimum Gasteiger partial charge on any atom is -0.282 e. The molecule has 1 saturated heterocycles. The van der Waals surface area contributed by atoms with E-state index in [4.69, 9.17) is 0 Å². The molecule has 1 aliphatic heterocycles. The van der Waals surface area contributed by atoms with Gasteiger partial charge in [0.05, 0.1) is 23.7 Å². The van der Waals surface area contributed by atoms with E-state index in [0.29, 0.717) is 12.0 Å². The molecule has 0 unspecified atom stereocenters. The molecule has 1 heterocycles. The van der Waals surface area contributed by atoms with E-state index in [2.05, 4.69) is 17.1 Å². The third-order valence-corrected chi connectivity index (χ3v) is 5.31. The van der Waals surface area contributed by atoms with Crippen LogP contribution in [0.4, 0.5) is 5.69 Å². The van der Waals surface area contributed by atoms with E-state index >= 15 is 0 Å². The van der Waals surface area contributed by atoms with E-state index in [1.807, 2.05) is 66.5 Å². The summed E-state index contributed by atoms with van der Waals surface area (Å²) in [6, 6.07) is 22.2. The highest BCUT2D eigenvalue weighted by Crippen LogP contribution is 2.32. The third kappa shape index (κ3) is 3.44. The standard InChI is InChI=1S/C24H23N3O/c1-18-7-6-8-19(15-18)16-24(28)27-14-5-4-13-26(27)23-12-11-20(17-25)21-9-2-3-10-22(21)23/h2-3,6-12,15H,4-5,13-14,16H2,1H3. The number of anilines is 1. The van der Waals surface area contributed by atoms with Crippen LogP contribution in [0.15, 0.2) is 60.7 Å². The van der Waals surface area contributed by atoms with E-state index in [1.54, 1.807) is 0 Å². The minimum absolute atomic E-state index is 0.110. The van der Waals surface area contributed by atoms with Crippen LogP contribution in [0.5, 0.6) is 0 Å². The van der Waals surface area contributed by atoms with Crippen LogP contribution in [0.2, 0.25) is 0 Å². The summed E-state index contributed by atoms with van der Waals surface area (Å²) >= 11 is 0. The Morgan fingerprint density at radius 3 is 2.57 bits per heavy atom. The van der Waals surface area contributed by atoms with E-state index in [9.17, 15) is 10.1 Å². The molecule has 0 aliphatic carbocycles. The number of hydrazine groups is 1. The maximum Gasteiger partial charge on any atom is 0.245 e. The average molecular weight is 369 g/mol. The number of nitriles is 1. The van der Waals surface area contributed by atoms with Gasteiger partial charge in [0.25, 0.3) is 0 Å². The maximum absolute atomic E-state index is 13.2. The fraction of sp³-hybridized carbons (Fsp3) is 0.250. The molecular weight excluding hydrogens is 346 g/mol. The summed E-state index contributed by atoms with van der Waals surface area (Å²) in [6.45, 7) is 3.57. The van der Waals surface area contributed by atoms with E-state index in [-0.39, 0.29) is 5.91 Å². The molecule has 0 radical (unpaired) electrons. The molecule has 1 fully saturated rings. The Kier molecular flexibility index (Phi) is 4.99. The lowest BCUT2D eigenvalue weighted by Crippen LogP contribution is -2.51. The molecule has 0 N–H and O–H groups in total. The molecule has 0 saturated carbocycles. The number of fused-ring (bicyclic) bond motifs is 1. The van der Waals surface area contributed by atoms with Gasteiger partial charge in [0.15, 0.2) is 0 Å². The fourth-order valence-electron chi connectivity index (χ4n) is 3.97. The van der Waals surface area contributed by atoms with E-state index in [0.717, 1.165) is 48.0 Å². The van der Waals surface area contributed by atoms with E-state index < -0.39 is 0 Å².